The van der Waals surface area contributed by atoms with Gasteiger partial charge in [0.1, 0.15) is 11.5 Å². The minimum Gasteiger partial charge on any atom is -0.379 e. The summed E-state index contributed by atoms with van der Waals surface area (Å²) in [5, 5.41) is 9.73. The monoisotopic (exact) mass is 438 g/mol. The maximum Gasteiger partial charge on any atom is 0.191 e. The van der Waals surface area contributed by atoms with Gasteiger partial charge in [-0.05, 0) is 36.4 Å². The lowest BCUT2D eigenvalue weighted by Crippen LogP contribution is -2.38. The van der Waals surface area contributed by atoms with Crippen molar-refractivity contribution in [1.29, 1.82) is 0 Å². The first-order valence-corrected chi connectivity index (χ1v) is 11.3. The number of pyridine rings is 1. The molecule has 1 saturated heterocycles. The van der Waals surface area contributed by atoms with Gasteiger partial charge in [-0.2, -0.15) is 0 Å². The summed E-state index contributed by atoms with van der Waals surface area (Å²) < 4.78 is 23.0. The number of imidazole rings is 1. The molecule has 4 heterocycles. The summed E-state index contributed by atoms with van der Waals surface area (Å²) in [6.07, 6.45) is 4.03. The van der Waals surface area contributed by atoms with Gasteiger partial charge in [-0.3, -0.25) is 4.90 Å². The molecule has 160 valence electrons. The van der Waals surface area contributed by atoms with Crippen molar-refractivity contribution in [2.75, 3.05) is 32.8 Å². The molecule has 5 rings (SSSR count). The Morgan fingerprint density at radius 2 is 1.84 bits per heavy atom. The number of fused-ring (bicyclic) bond motifs is 1. The summed E-state index contributed by atoms with van der Waals surface area (Å²) in [5.41, 5.74) is 2.77. The number of hydrogen-bond acceptors (Lipinski definition) is 6. The number of nitrogens with zero attached hydrogens (tertiary/aromatic N) is 6. The van der Waals surface area contributed by atoms with Crippen LogP contribution < -0.4 is 0 Å². The van der Waals surface area contributed by atoms with E-state index in [1.807, 2.05) is 35.0 Å². The molecule has 0 N–H and O–H groups in total. The lowest BCUT2D eigenvalue weighted by Gasteiger charge is -2.27. The van der Waals surface area contributed by atoms with Crippen LogP contribution in [0.25, 0.3) is 17.0 Å². The molecule has 0 radical (unpaired) electrons. The summed E-state index contributed by atoms with van der Waals surface area (Å²) in [4.78, 5) is 7.06. The second kappa shape index (κ2) is 9.17. The minimum atomic E-state index is -0.260. The van der Waals surface area contributed by atoms with Crippen LogP contribution in [-0.4, -0.2) is 61.9 Å². The van der Waals surface area contributed by atoms with Crippen LogP contribution in [0, 0.1) is 5.82 Å². The first kappa shape index (κ1) is 20.2. The van der Waals surface area contributed by atoms with Crippen LogP contribution >= 0.6 is 11.8 Å². The van der Waals surface area contributed by atoms with Gasteiger partial charge in [0.15, 0.2) is 11.0 Å². The Morgan fingerprint density at radius 1 is 1.00 bits per heavy atom. The highest BCUT2D eigenvalue weighted by Gasteiger charge is 2.17. The molecular weight excluding hydrogens is 415 g/mol. The molecule has 1 fully saturated rings. The van der Waals surface area contributed by atoms with Crippen LogP contribution in [0.15, 0.2) is 60.0 Å². The van der Waals surface area contributed by atoms with E-state index >= 15 is 0 Å². The zero-order chi connectivity index (χ0) is 21.0. The molecule has 1 aliphatic rings. The van der Waals surface area contributed by atoms with Gasteiger partial charge in [0, 0.05) is 49.9 Å². The van der Waals surface area contributed by atoms with Gasteiger partial charge in [-0.25, -0.2) is 9.37 Å². The molecule has 3 aromatic heterocycles. The van der Waals surface area contributed by atoms with Gasteiger partial charge in [0.05, 0.1) is 18.9 Å². The molecule has 4 aromatic rings. The van der Waals surface area contributed by atoms with E-state index in [1.54, 1.807) is 23.9 Å². The Balaban J connectivity index is 1.37. The molecule has 1 aromatic carbocycles. The van der Waals surface area contributed by atoms with Crippen LogP contribution in [0.2, 0.25) is 0 Å². The van der Waals surface area contributed by atoms with Crippen molar-refractivity contribution < 1.29 is 9.13 Å². The molecule has 0 bridgehead atoms. The van der Waals surface area contributed by atoms with Crippen molar-refractivity contribution in [2.45, 2.75) is 17.5 Å². The number of halogens is 1. The molecule has 1 aliphatic heterocycles. The fraction of sp³-hybridized carbons (Fsp3) is 0.318. The standard InChI is InChI=1S/C22H23FN6OS/c23-18-6-4-17(5-7-18)21-25-26-22(29(21)10-9-27-11-13-30-14-12-27)31-16-19-15-28-8-2-1-3-20(28)24-19/h1-8,15H,9-14,16H2. The smallest absolute Gasteiger partial charge is 0.191 e. The summed E-state index contributed by atoms with van der Waals surface area (Å²) in [6.45, 7) is 5.03. The average molecular weight is 439 g/mol. The van der Waals surface area contributed by atoms with Gasteiger partial charge in [-0.15, -0.1) is 10.2 Å². The summed E-state index contributed by atoms with van der Waals surface area (Å²) in [7, 11) is 0. The first-order valence-electron chi connectivity index (χ1n) is 10.3. The molecule has 0 aliphatic carbocycles. The largest absolute Gasteiger partial charge is 0.379 e. The predicted octanol–water partition coefficient (Wildman–Crippen LogP) is 3.36. The van der Waals surface area contributed by atoms with Crippen molar-refractivity contribution in [2.24, 2.45) is 0 Å². The normalized spacial score (nSPS) is 15.0. The molecule has 31 heavy (non-hydrogen) atoms. The van der Waals surface area contributed by atoms with E-state index < -0.39 is 0 Å². The van der Waals surface area contributed by atoms with E-state index in [9.17, 15) is 4.39 Å². The van der Waals surface area contributed by atoms with Crippen LogP contribution in [0.1, 0.15) is 5.69 Å². The molecule has 0 unspecified atom stereocenters. The van der Waals surface area contributed by atoms with E-state index in [2.05, 4.69) is 24.6 Å². The molecule has 0 atom stereocenters. The van der Waals surface area contributed by atoms with E-state index in [0.717, 1.165) is 67.3 Å². The SMILES string of the molecule is Fc1ccc(-c2nnc(SCc3cn4ccccc4n3)n2CCN2CCOCC2)cc1. The van der Waals surface area contributed by atoms with Gasteiger partial charge >= 0.3 is 0 Å². The van der Waals surface area contributed by atoms with Crippen molar-refractivity contribution >= 4 is 17.4 Å². The molecule has 0 saturated carbocycles. The maximum absolute atomic E-state index is 13.4. The third-order valence-corrected chi connectivity index (χ3v) is 6.33. The van der Waals surface area contributed by atoms with Crippen molar-refractivity contribution in [3.8, 4) is 11.4 Å². The summed E-state index contributed by atoms with van der Waals surface area (Å²) in [6, 6.07) is 12.4. The molecule has 0 spiro atoms. The highest BCUT2D eigenvalue weighted by atomic mass is 32.2. The van der Waals surface area contributed by atoms with E-state index in [0.29, 0.717) is 5.75 Å². The number of ether oxygens (including phenoxy) is 1. The first-order chi connectivity index (χ1) is 15.3. The number of hydrogen-bond donors (Lipinski definition) is 0. The molecule has 0 amide bonds. The lowest BCUT2D eigenvalue weighted by atomic mass is 10.2. The Kier molecular flexibility index (Phi) is 5.97. The molecule has 7 nitrogen and oxygen atoms in total. The number of rotatable bonds is 7. The summed E-state index contributed by atoms with van der Waals surface area (Å²) in [5.74, 6) is 1.19. The van der Waals surface area contributed by atoms with Gasteiger partial charge in [-0.1, -0.05) is 17.8 Å². The van der Waals surface area contributed by atoms with E-state index in [-0.39, 0.29) is 5.82 Å². The molecule has 9 heteroatoms. The minimum absolute atomic E-state index is 0.260. The Bertz CT molecular complexity index is 1120. The van der Waals surface area contributed by atoms with Crippen LogP contribution in [0.3, 0.4) is 0 Å². The Morgan fingerprint density at radius 3 is 2.65 bits per heavy atom. The highest BCUT2D eigenvalue weighted by Crippen LogP contribution is 2.26. The van der Waals surface area contributed by atoms with Gasteiger partial charge in [0.2, 0.25) is 0 Å². The van der Waals surface area contributed by atoms with E-state index in [4.69, 9.17) is 4.74 Å². The third-order valence-electron chi connectivity index (χ3n) is 5.33. The lowest BCUT2D eigenvalue weighted by molar-refractivity contribution is 0.0361. The average Bonchev–Trinajstić information content (AvgIpc) is 3.41. The number of aromatic nitrogens is 5. The zero-order valence-corrected chi connectivity index (χ0v) is 17.8. The zero-order valence-electron chi connectivity index (χ0n) is 17.0. The maximum atomic E-state index is 13.4. The van der Waals surface area contributed by atoms with E-state index in [1.165, 1.54) is 12.1 Å². The fourth-order valence-electron chi connectivity index (χ4n) is 3.67. The van der Waals surface area contributed by atoms with Crippen LogP contribution in [0.5, 0.6) is 0 Å². The van der Waals surface area contributed by atoms with Crippen LogP contribution in [0.4, 0.5) is 4.39 Å². The highest BCUT2D eigenvalue weighted by molar-refractivity contribution is 7.98. The fourth-order valence-corrected chi connectivity index (χ4v) is 4.52. The molecular formula is C22H23FN6OS. The van der Waals surface area contributed by atoms with Gasteiger partial charge < -0.3 is 13.7 Å². The van der Waals surface area contributed by atoms with Crippen molar-refractivity contribution in [3.63, 3.8) is 0 Å². The number of morpholine rings is 1. The van der Waals surface area contributed by atoms with Crippen LogP contribution in [-0.2, 0) is 17.0 Å². The Labute approximate surface area is 183 Å². The second-order valence-corrected chi connectivity index (χ2v) is 8.35. The number of benzene rings is 1. The third kappa shape index (κ3) is 4.63. The topological polar surface area (TPSA) is 60.5 Å². The Hall–Kier alpha value is -2.75. The summed E-state index contributed by atoms with van der Waals surface area (Å²) >= 11 is 1.62. The quantitative estimate of drug-likeness (QED) is 0.413. The number of thioether (sulfide) groups is 1. The van der Waals surface area contributed by atoms with Crippen molar-refractivity contribution in [1.82, 2.24) is 29.0 Å². The predicted molar refractivity (Wildman–Crippen MR) is 117 cm³/mol. The second-order valence-electron chi connectivity index (χ2n) is 7.41. The van der Waals surface area contributed by atoms with Crippen molar-refractivity contribution in [3.05, 3.63) is 66.4 Å². The van der Waals surface area contributed by atoms with Gasteiger partial charge in [0.25, 0.3) is 0 Å².